The van der Waals surface area contributed by atoms with Crippen molar-refractivity contribution in [3.05, 3.63) is 140 Å². The fraction of sp³-hybridized carbons (Fsp3) is 0.0370. The smallest absolute Gasteiger partial charge is 0.340 e. The lowest BCUT2D eigenvalue weighted by Gasteiger charge is -2.18. The summed E-state index contributed by atoms with van der Waals surface area (Å²) in [6, 6.07) is 26.0. The fourth-order valence-electron chi connectivity index (χ4n) is 3.46. The van der Waals surface area contributed by atoms with E-state index in [2.05, 4.69) is 0 Å². The molecule has 0 saturated heterocycles. The van der Waals surface area contributed by atoms with Crippen LogP contribution in [-0.2, 0) is 4.74 Å². The SMILES string of the molecule is O=C(O[C@@H](C(=O)c1ccccc1)c1ccc([N+](=O)[O-])cc1)c1ccccc1Sc1ccc([N+](=O)[O-])cc1. The number of Topliss-reactive ketones (excluding diaryl/α,β-unsaturated/α-hetero) is 1. The number of hydrogen-bond acceptors (Lipinski definition) is 8. The summed E-state index contributed by atoms with van der Waals surface area (Å²) >= 11 is 1.21. The van der Waals surface area contributed by atoms with Crippen molar-refractivity contribution in [3.63, 3.8) is 0 Å². The van der Waals surface area contributed by atoms with Crippen LogP contribution in [0.5, 0.6) is 0 Å². The minimum atomic E-state index is -1.34. The van der Waals surface area contributed by atoms with Gasteiger partial charge in [-0.3, -0.25) is 25.0 Å². The normalized spacial score (nSPS) is 11.4. The third-order valence-electron chi connectivity index (χ3n) is 5.31. The highest BCUT2D eigenvalue weighted by Gasteiger charge is 2.28. The van der Waals surface area contributed by atoms with Gasteiger partial charge in [0.1, 0.15) is 0 Å². The van der Waals surface area contributed by atoms with Gasteiger partial charge in [0, 0.05) is 45.2 Å². The first kappa shape index (κ1) is 25.3. The summed E-state index contributed by atoms with van der Waals surface area (Å²) in [7, 11) is 0. The maximum absolute atomic E-state index is 13.3. The standard InChI is InChI=1S/C27H18N2O7S/c30-25(18-6-2-1-3-7-18)26(19-10-12-20(13-11-19)28(32)33)36-27(31)23-8-4-5-9-24(23)37-22-16-14-21(15-17-22)29(34)35/h1-17,26H/t26-/m1/s1. The molecule has 0 heterocycles. The first-order valence-corrected chi connectivity index (χ1v) is 11.7. The third kappa shape index (κ3) is 6.06. The molecule has 4 rings (SSSR count). The zero-order chi connectivity index (χ0) is 26.4. The quantitative estimate of drug-likeness (QED) is 0.108. The number of ketones is 1. The minimum Gasteiger partial charge on any atom is -0.445 e. The zero-order valence-corrected chi connectivity index (χ0v) is 19.9. The van der Waals surface area contributed by atoms with Crippen molar-refractivity contribution in [1.82, 2.24) is 0 Å². The molecule has 1 atom stereocenters. The van der Waals surface area contributed by atoms with E-state index in [1.54, 1.807) is 66.7 Å². The molecule has 37 heavy (non-hydrogen) atoms. The van der Waals surface area contributed by atoms with Crippen LogP contribution in [0.15, 0.2) is 113 Å². The number of ether oxygens (including phenoxy) is 1. The molecule has 0 bridgehead atoms. The predicted octanol–water partition coefficient (Wildman–Crippen LogP) is 6.44. The largest absolute Gasteiger partial charge is 0.445 e. The molecule has 0 fully saturated rings. The lowest BCUT2D eigenvalue weighted by Crippen LogP contribution is -2.20. The lowest BCUT2D eigenvalue weighted by atomic mass is 9.99. The van der Waals surface area contributed by atoms with Gasteiger partial charge in [0.15, 0.2) is 6.10 Å². The van der Waals surface area contributed by atoms with Crippen LogP contribution in [0.4, 0.5) is 11.4 Å². The molecule has 4 aromatic rings. The first-order valence-electron chi connectivity index (χ1n) is 10.9. The molecule has 4 aromatic carbocycles. The van der Waals surface area contributed by atoms with Crippen molar-refractivity contribution < 1.29 is 24.2 Å². The van der Waals surface area contributed by atoms with Crippen LogP contribution in [0.25, 0.3) is 0 Å². The highest BCUT2D eigenvalue weighted by molar-refractivity contribution is 7.99. The Morgan fingerprint density at radius 1 is 0.703 bits per heavy atom. The van der Waals surface area contributed by atoms with Gasteiger partial charge in [-0.25, -0.2) is 4.79 Å². The molecule has 0 radical (unpaired) electrons. The molecule has 0 aliphatic carbocycles. The van der Waals surface area contributed by atoms with Crippen molar-refractivity contribution in [2.24, 2.45) is 0 Å². The van der Waals surface area contributed by atoms with Crippen LogP contribution in [0.2, 0.25) is 0 Å². The molecule has 10 heteroatoms. The molecule has 0 N–H and O–H groups in total. The topological polar surface area (TPSA) is 130 Å². The van der Waals surface area contributed by atoms with E-state index in [1.807, 2.05) is 0 Å². The van der Waals surface area contributed by atoms with E-state index in [1.165, 1.54) is 48.2 Å². The van der Waals surface area contributed by atoms with E-state index in [0.29, 0.717) is 15.4 Å². The summed E-state index contributed by atoms with van der Waals surface area (Å²) in [4.78, 5) is 48.7. The zero-order valence-electron chi connectivity index (χ0n) is 19.1. The summed E-state index contributed by atoms with van der Waals surface area (Å²) in [6.07, 6.45) is -1.34. The highest BCUT2D eigenvalue weighted by Crippen LogP contribution is 2.33. The average molecular weight is 515 g/mol. The molecule has 0 aliphatic heterocycles. The van der Waals surface area contributed by atoms with Gasteiger partial charge in [0.05, 0.1) is 15.4 Å². The summed E-state index contributed by atoms with van der Waals surface area (Å²) in [5.74, 6) is -1.25. The number of carbonyl (C=O) groups excluding carboxylic acids is 2. The second-order valence-electron chi connectivity index (χ2n) is 7.71. The van der Waals surface area contributed by atoms with Gasteiger partial charge in [-0.1, -0.05) is 54.2 Å². The van der Waals surface area contributed by atoms with Crippen LogP contribution in [0.3, 0.4) is 0 Å². The monoisotopic (exact) mass is 514 g/mol. The van der Waals surface area contributed by atoms with Crippen LogP contribution in [-0.4, -0.2) is 21.6 Å². The molecule has 0 amide bonds. The van der Waals surface area contributed by atoms with Crippen molar-refractivity contribution in [1.29, 1.82) is 0 Å². The molecule has 9 nitrogen and oxygen atoms in total. The fourth-order valence-corrected chi connectivity index (χ4v) is 4.39. The van der Waals surface area contributed by atoms with Gasteiger partial charge in [-0.05, 0) is 36.4 Å². The van der Waals surface area contributed by atoms with Gasteiger partial charge >= 0.3 is 5.97 Å². The van der Waals surface area contributed by atoms with E-state index in [9.17, 15) is 29.8 Å². The maximum Gasteiger partial charge on any atom is 0.340 e. The Kier molecular flexibility index (Phi) is 7.70. The molecular weight excluding hydrogens is 496 g/mol. The second kappa shape index (κ2) is 11.3. The van der Waals surface area contributed by atoms with Gasteiger partial charge < -0.3 is 4.74 Å². The number of esters is 1. The number of carbonyl (C=O) groups is 2. The number of nitrogens with zero attached hydrogens (tertiary/aromatic N) is 2. The number of rotatable bonds is 9. The number of nitro benzene ring substituents is 2. The second-order valence-corrected chi connectivity index (χ2v) is 8.83. The van der Waals surface area contributed by atoms with Gasteiger partial charge in [-0.15, -0.1) is 0 Å². The van der Waals surface area contributed by atoms with Crippen LogP contribution >= 0.6 is 11.8 Å². The van der Waals surface area contributed by atoms with E-state index in [-0.39, 0.29) is 22.5 Å². The highest BCUT2D eigenvalue weighted by atomic mass is 32.2. The lowest BCUT2D eigenvalue weighted by molar-refractivity contribution is -0.385. The van der Waals surface area contributed by atoms with E-state index in [0.717, 1.165) is 0 Å². The summed E-state index contributed by atoms with van der Waals surface area (Å²) in [5, 5.41) is 22.0. The Labute approximate surface area is 215 Å². The van der Waals surface area contributed by atoms with Crippen LogP contribution < -0.4 is 0 Å². The third-order valence-corrected chi connectivity index (χ3v) is 6.39. The van der Waals surface area contributed by atoms with Crippen molar-refractivity contribution >= 4 is 34.9 Å². The Morgan fingerprint density at radius 3 is 1.84 bits per heavy atom. The Balaban J connectivity index is 1.64. The molecule has 184 valence electrons. The van der Waals surface area contributed by atoms with Crippen LogP contribution in [0.1, 0.15) is 32.4 Å². The minimum absolute atomic E-state index is 0.0533. The molecule has 0 unspecified atom stereocenters. The number of benzene rings is 4. The van der Waals surface area contributed by atoms with Gasteiger partial charge in [-0.2, -0.15) is 0 Å². The molecule has 0 saturated carbocycles. The molecule has 0 spiro atoms. The molecular formula is C27H18N2O7S. The van der Waals surface area contributed by atoms with Crippen molar-refractivity contribution in [2.45, 2.75) is 15.9 Å². The van der Waals surface area contributed by atoms with Crippen LogP contribution in [0, 0.1) is 20.2 Å². The Hall–Kier alpha value is -4.83. The van der Waals surface area contributed by atoms with Gasteiger partial charge in [0.25, 0.3) is 11.4 Å². The molecule has 0 aliphatic rings. The predicted molar refractivity (Wildman–Crippen MR) is 136 cm³/mol. The summed E-state index contributed by atoms with van der Waals surface area (Å²) < 4.78 is 5.71. The number of nitro groups is 2. The summed E-state index contributed by atoms with van der Waals surface area (Å²) in [5.41, 5.74) is 0.576. The Bertz CT molecular complexity index is 1460. The van der Waals surface area contributed by atoms with Crippen molar-refractivity contribution in [3.8, 4) is 0 Å². The Morgan fingerprint density at radius 2 is 1.24 bits per heavy atom. The number of non-ortho nitro benzene ring substituents is 2. The van der Waals surface area contributed by atoms with E-state index in [4.69, 9.17) is 4.74 Å². The van der Waals surface area contributed by atoms with E-state index >= 15 is 0 Å². The van der Waals surface area contributed by atoms with Crippen molar-refractivity contribution in [2.75, 3.05) is 0 Å². The number of hydrogen-bond donors (Lipinski definition) is 0. The first-order chi connectivity index (χ1) is 17.8. The summed E-state index contributed by atoms with van der Waals surface area (Å²) in [6.45, 7) is 0. The molecule has 0 aromatic heterocycles. The van der Waals surface area contributed by atoms with E-state index < -0.39 is 27.7 Å². The van der Waals surface area contributed by atoms with Gasteiger partial charge in [0.2, 0.25) is 5.78 Å². The average Bonchev–Trinajstić information content (AvgIpc) is 2.92. The maximum atomic E-state index is 13.3.